The molecule has 3 nitrogen and oxygen atoms in total. The van der Waals surface area contributed by atoms with Crippen molar-refractivity contribution in [1.29, 1.82) is 0 Å². The molecule has 5 heteroatoms. The van der Waals surface area contributed by atoms with Crippen LogP contribution in [0.2, 0.25) is 0 Å². The molecule has 0 aromatic carbocycles. The number of rotatable bonds is 2. The minimum Gasteiger partial charge on any atom is -0.444 e. The predicted molar refractivity (Wildman–Crippen MR) is 73.9 cm³/mol. The van der Waals surface area contributed by atoms with E-state index in [4.69, 9.17) is 4.74 Å². The van der Waals surface area contributed by atoms with Gasteiger partial charge in [0, 0.05) is 9.35 Å². The van der Waals surface area contributed by atoms with Crippen LogP contribution in [0.15, 0.2) is 10.5 Å². The lowest BCUT2D eigenvalue weighted by atomic mass is 10.2. The average Bonchev–Trinajstić information content (AvgIpc) is 2.89. The van der Waals surface area contributed by atoms with Gasteiger partial charge in [-0.3, -0.25) is 5.32 Å². The topological polar surface area (TPSA) is 38.3 Å². The first-order valence-electron chi connectivity index (χ1n) is 5.64. The van der Waals surface area contributed by atoms with Gasteiger partial charge in [-0.15, -0.1) is 11.3 Å². The van der Waals surface area contributed by atoms with Gasteiger partial charge in [0.1, 0.15) is 5.60 Å². The maximum absolute atomic E-state index is 11.6. The minimum absolute atomic E-state index is 0.395. The molecule has 0 saturated heterocycles. The van der Waals surface area contributed by atoms with Gasteiger partial charge in [-0.1, -0.05) is 0 Å². The highest BCUT2D eigenvalue weighted by atomic mass is 79.9. The van der Waals surface area contributed by atoms with Crippen molar-refractivity contribution >= 4 is 38.4 Å². The van der Waals surface area contributed by atoms with E-state index in [1.807, 2.05) is 26.8 Å². The zero-order valence-corrected chi connectivity index (χ0v) is 12.6. The van der Waals surface area contributed by atoms with Gasteiger partial charge >= 0.3 is 6.09 Å². The monoisotopic (exact) mass is 317 g/mol. The lowest BCUT2D eigenvalue weighted by Gasteiger charge is -2.19. The standard InChI is InChI=1S/C12H16BrNO2S/c1-12(2,3)16-11(15)14-9-6-8(13)10(17-9)7-4-5-7/h6-7H,4-5H2,1-3H3,(H,14,15). The Labute approximate surface area is 114 Å². The molecule has 1 fully saturated rings. The Kier molecular flexibility index (Phi) is 3.50. The number of ether oxygens (including phenoxy) is 1. The molecule has 2 rings (SSSR count). The predicted octanol–water partition coefficient (Wildman–Crippen LogP) is 4.74. The van der Waals surface area contributed by atoms with Gasteiger partial charge in [0.25, 0.3) is 0 Å². The van der Waals surface area contributed by atoms with E-state index in [0.29, 0.717) is 5.92 Å². The van der Waals surface area contributed by atoms with E-state index < -0.39 is 11.7 Å². The van der Waals surface area contributed by atoms with Crippen LogP contribution in [-0.4, -0.2) is 11.7 Å². The van der Waals surface area contributed by atoms with Crippen molar-refractivity contribution in [2.45, 2.75) is 45.1 Å². The fraction of sp³-hybridized carbons (Fsp3) is 0.583. The molecule has 1 aliphatic rings. The summed E-state index contributed by atoms with van der Waals surface area (Å²) in [4.78, 5) is 12.9. The molecule has 1 N–H and O–H groups in total. The summed E-state index contributed by atoms with van der Waals surface area (Å²) in [5.74, 6) is 0.684. The third kappa shape index (κ3) is 3.71. The highest BCUT2D eigenvalue weighted by Gasteiger charge is 2.28. The fourth-order valence-electron chi connectivity index (χ4n) is 1.47. The highest BCUT2D eigenvalue weighted by molar-refractivity contribution is 9.10. The number of halogens is 1. The Hall–Kier alpha value is -0.550. The van der Waals surface area contributed by atoms with Crippen molar-refractivity contribution in [3.63, 3.8) is 0 Å². The number of hydrogen-bond acceptors (Lipinski definition) is 3. The minimum atomic E-state index is -0.460. The molecule has 0 bridgehead atoms. The second-order valence-electron chi connectivity index (χ2n) is 5.22. The van der Waals surface area contributed by atoms with E-state index in [0.717, 1.165) is 9.47 Å². The summed E-state index contributed by atoms with van der Waals surface area (Å²) in [6.45, 7) is 5.56. The van der Waals surface area contributed by atoms with Crippen LogP contribution in [0.3, 0.4) is 0 Å². The molecule has 1 aliphatic carbocycles. The van der Waals surface area contributed by atoms with Crippen molar-refractivity contribution in [1.82, 2.24) is 0 Å². The molecule has 0 unspecified atom stereocenters. The molecule has 0 aliphatic heterocycles. The number of hydrogen-bond donors (Lipinski definition) is 1. The molecule has 0 spiro atoms. The summed E-state index contributed by atoms with van der Waals surface area (Å²) in [6, 6.07) is 1.95. The Morgan fingerprint density at radius 2 is 2.18 bits per heavy atom. The first-order chi connectivity index (χ1) is 7.85. The maximum atomic E-state index is 11.6. The average molecular weight is 318 g/mol. The van der Waals surface area contributed by atoms with Gasteiger partial charge in [0.2, 0.25) is 0 Å². The van der Waals surface area contributed by atoms with Gasteiger partial charge < -0.3 is 4.74 Å². The van der Waals surface area contributed by atoms with Crippen molar-refractivity contribution in [3.8, 4) is 0 Å². The number of nitrogens with one attached hydrogen (secondary N) is 1. The van der Waals surface area contributed by atoms with Crippen LogP contribution in [0.25, 0.3) is 0 Å². The lowest BCUT2D eigenvalue weighted by Crippen LogP contribution is -2.26. The number of amides is 1. The van der Waals surface area contributed by atoms with Crippen molar-refractivity contribution in [2.75, 3.05) is 5.32 Å². The van der Waals surface area contributed by atoms with Gasteiger partial charge in [-0.2, -0.15) is 0 Å². The zero-order valence-electron chi connectivity index (χ0n) is 10.2. The normalized spacial score (nSPS) is 15.8. The van der Waals surface area contributed by atoms with Crippen molar-refractivity contribution in [3.05, 3.63) is 15.4 Å². The maximum Gasteiger partial charge on any atom is 0.412 e. The largest absolute Gasteiger partial charge is 0.444 e. The molecule has 1 amide bonds. The van der Waals surface area contributed by atoms with Gasteiger partial charge in [-0.25, -0.2) is 4.79 Å². The van der Waals surface area contributed by atoms with Crippen LogP contribution in [0.4, 0.5) is 9.80 Å². The first kappa shape index (κ1) is 12.9. The van der Waals surface area contributed by atoms with Crippen LogP contribution < -0.4 is 5.32 Å². The Balaban J connectivity index is 1.99. The van der Waals surface area contributed by atoms with Crippen LogP contribution in [0, 0.1) is 0 Å². The molecule has 1 saturated carbocycles. The molecule has 1 heterocycles. The van der Waals surface area contributed by atoms with Crippen LogP contribution in [0.5, 0.6) is 0 Å². The van der Waals surface area contributed by atoms with Gasteiger partial charge in [-0.05, 0) is 61.5 Å². The quantitative estimate of drug-likeness (QED) is 0.855. The van der Waals surface area contributed by atoms with Crippen molar-refractivity contribution < 1.29 is 9.53 Å². The van der Waals surface area contributed by atoms with Crippen LogP contribution in [0.1, 0.15) is 44.4 Å². The van der Waals surface area contributed by atoms with E-state index in [9.17, 15) is 4.79 Å². The van der Waals surface area contributed by atoms with E-state index in [1.165, 1.54) is 17.7 Å². The van der Waals surface area contributed by atoms with Gasteiger partial charge in [0.15, 0.2) is 0 Å². The second-order valence-corrected chi connectivity index (χ2v) is 7.16. The molecular formula is C12H16BrNO2S. The summed E-state index contributed by atoms with van der Waals surface area (Å²) >= 11 is 5.15. The molecule has 17 heavy (non-hydrogen) atoms. The molecule has 0 atom stereocenters. The Morgan fingerprint density at radius 1 is 1.53 bits per heavy atom. The summed E-state index contributed by atoms with van der Waals surface area (Å²) in [5, 5.41) is 3.61. The number of carbonyl (C=O) groups is 1. The molecule has 1 aromatic heterocycles. The number of thiophene rings is 1. The van der Waals surface area contributed by atoms with Crippen molar-refractivity contribution in [2.24, 2.45) is 0 Å². The fourth-order valence-corrected chi connectivity index (χ4v) is 3.53. The van der Waals surface area contributed by atoms with Crippen LogP contribution in [-0.2, 0) is 4.74 Å². The molecule has 94 valence electrons. The van der Waals surface area contributed by atoms with E-state index in [1.54, 1.807) is 11.3 Å². The Morgan fingerprint density at radius 3 is 2.71 bits per heavy atom. The number of anilines is 1. The molecular weight excluding hydrogens is 302 g/mol. The van der Waals surface area contributed by atoms with E-state index >= 15 is 0 Å². The summed E-state index contributed by atoms with van der Waals surface area (Å²) in [5.41, 5.74) is -0.460. The first-order valence-corrected chi connectivity index (χ1v) is 7.25. The van der Waals surface area contributed by atoms with Crippen LogP contribution >= 0.6 is 27.3 Å². The second kappa shape index (κ2) is 4.61. The van der Waals surface area contributed by atoms with Gasteiger partial charge in [0.05, 0.1) is 5.00 Å². The summed E-state index contributed by atoms with van der Waals surface area (Å²) in [7, 11) is 0. The smallest absolute Gasteiger partial charge is 0.412 e. The Bertz CT molecular complexity index is 432. The summed E-state index contributed by atoms with van der Waals surface area (Å²) in [6.07, 6.45) is 2.12. The molecule has 1 aromatic rings. The van der Waals surface area contributed by atoms with E-state index in [2.05, 4.69) is 21.2 Å². The summed E-state index contributed by atoms with van der Waals surface area (Å²) < 4.78 is 6.30. The molecule has 0 radical (unpaired) electrons. The third-order valence-corrected chi connectivity index (χ3v) is 4.42. The highest BCUT2D eigenvalue weighted by Crippen LogP contribution is 2.48. The SMILES string of the molecule is CC(C)(C)OC(=O)Nc1cc(Br)c(C2CC2)s1. The lowest BCUT2D eigenvalue weighted by molar-refractivity contribution is 0.0636. The zero-order chi connectivity index (χ0) is 12.6. The third-order valence-electron chi connectivity index (χ3n) is 2.29. The van der Waals surface area contributed by atoms with E-state index in [-0.39, 0.29) is 0 Å². The number of carbonyl (C=O) groups excluding carboxylic acids is 1.